The lowest BCUT2D eigenvalue weighted by Gasteiger charge is -2.28. The van der Waals surface area contributed by atoms with Gasteiger partial charge >= 0.3 is 0 Å². The van der Waals surface area contributed by atoms with E-state index in [0.29, 0.717) is 13.0 Å². The number of benzene rings is 1. The molecule has 1 amide bonds. The van der Waals surface area contributed by atoms with E-state index < -0.39 is 17.3 Å². The van der Waals surface area contributed by atoms with Crippen molar-refractivity contribution in [2.75, 3.05) is 6.54 Å². The quantitative estimate of drug-likeness (QED) is 0.842. The molecule has 4 heteroatoms. The van der Waals surface area contributed by atoms with Crippen LogP contribution in [0.1, 0.15) is 36.2 Å². The van der Waals surface area contributed by atoms with Crippen LogP contribution in [0.3, 0.4) is 0 Å². The van der Waals surface area contributed by atoms with Crippen molar-refractivity contribution in [2.45, 2.75) is 32.7 Å². The summed E-state index contributed by atoms with van der Waals surface area (Å²) < 4.78 is 13.6. The summed E-state index contributed by atoms with van der Waals surface area (Å²) in [7, 11) is 0. The summed E-state index contributed by atoms with van der Waals surface area (Å²) in [5.74, 6) is -0.921. The number of rotatable bonds is 4. The zero-order valence-electron chi connectivity index (χ0n) is 10.5. The molecule has 94 valence electrons. The number of nitrogens with one attached hydrogen (secondary N) is 1. The Kier molecular flexibility index (Phi) is 4.23. The molecule has 0 aliphatic carbocycles. The number of amides is 1. The monoisotopic (exact) mass is 238 g/mol. The summed E-state index contributed by atoms with van der Waals surface area (Å²) in [6.07, 6.45) is 0.697. The molecule has 0 radical (unpaired) electrons. The Labute approximate surface area is 101 Å². The first-order valence-corrected chi connectivity index (χ1v) is 5.70. The predicted octanol–water partition coefficient (Wildman–Crippen LogP) is 1.99. The Bertz CT molecular complexity index is 414. The first-order valence-electron chi connectivity index (χ1n) is 5.70. The molecular formula is C13H19FN2O. The second-order valence-corrected chi connectivity index (χ2v) is 4.56. The largest absolute Gasteiger partial charge is 0.346 e. The highest BCUT2D eigenvalue weighted by atomic mass is 19.1. The second-order valence-electron chi connectivity index (χ2n) is 4.56. The topological polar surface area (TPSA) is 55.1 Å². The maximum Gasteiger partial charge on any atom is 0.254 e. The zero-order valence-corrected chi connectivity index (χ0v) is 10.5. The highest BCUT2D eigenvalue weighted by molar-refractivity contribution is 5.95. The van der Waals surface area contributed by atoms with E-state index in [0.717, 1.165) is 5.56 Å². The lowest BCUT2D eigenvalue weighted by molar-refractivity contribution is 0.0902. The maximum atomic E-state index is 13.6. The Morgan fingerprint density at radius 2 is 2.18 bits per heavy atom. The van der Waals surface area contributed by atoms with E-state index in [9.17, 15) is 9.18 Å². The Hall–Kier alpha value is -1.42. The van der Waals surface area contributed by atoms with Gasteiger partial charge in [0.15, 0.2) is 0 Å². The zero-order chi connectivity index (χ0) is 13.1. The molecule has 3 N–H and O–H groups in total. The molecule has 0 aliphatic heterocycles. The summed E-state index contributed by atoms with van der Waals surface area (Å²) in [5.41, 5.74) is 5.95. The average molecular weight is 238 g/mol. The molecule has 0 aromatic heterocycles. The fraction of sp³-hybridized carbons (Fsp3) is 0.462. The number of aryl methyl sites for hydroxylation is 1. The van der Waals surface area contributed by atoms with Gasteiger partial charge in [-0.25, -0.2) is 4.39 Å². The molecule has 1 aromatic rings. The molecule has 0 saturated carbocycles. The molecule has 0 saturated heterocycles. The van der Waals surface area contributed by atoms with Crippen molar-refractivity contribution in [1.82, 2.24) is 5.32 Å². The van der Waals surface area contributed by atoms with Crippen LogP contribution in [-0.4, -0.2) is 18.0 Å². The fourth-order valence-electron chi connectivity index (χ4n) is 1.43. The van der Waals surface area contributed by atoms with Crippen molar-refractivity contribution in [1.29, 1.82) is 0 Å². The highest BCUT2D eigenvalue weighted by Crippen LogP contribution is 2.13. The molecule has 0 spiro atoms. The lowest BCUT2D eigenvalue weighted by atomic mass is 9.98. The Morgan fingerprint density at radius 3 is 2.65 bits per heavy atom. The van der Waals surface area contributed by atoms with Crippen molar-refractivity contribution in [2.24, 2.45) is 5.73 Å². The van der Waals surface area contributed by atoms with E-state index in [1.165, 1.54) is 12.1 Å². The van der Waals surface area contributed by atoms with Gasteiger partial charge in [0.2, 0.25) is 0 Å². The van der Waals surface area contributed by atoms with E-state index in [-0.39, 0.29) is 5.56 Å². The lowest BCUT2D eigenvalue weighted by Crippen LogP contribution is -2.51. The Morgan fingerprint density at radius 1 is 1.53 bits per heavy atom. The Balaban J connectivity index is 2.90. The van der Waals surface area contributed by atoms with Gasteiger partial charge in [-0.2, -0.15) is 0 Å². The summed E-state index contributed by atoms with van der Waals surface area (Å²) in [5, 5.41) is 2.77. The van der Waals surface area contributed by atoms with Crippen LogP contribution in [0.15, 0.2) is 18.2 Å². The molecule has 0 aliphatic rings. The van der Waals surface area contributed by atoms with E-state index in [2.05, 4.69) is 5.32 Å². The normalized spacial score (nSPS) is 14.2. The molecular weight excluding hydrogens is 219 g/mol. The first kappa shape index (κ1) is 13.6. The molecule has 0 heterocycles. The third kappa shape index (κ3) is 3.27. The van der Waals surface area contributed by atoms with Gasteiger partial charge in [-0.1, -0.05) is 13.0 Å². The SMILES string of the molecule is CCC(C)(CN)NC(=O)c1ccc(C)cc1F. The number of nitrogens with two attached hydrogens (primary N) is 1. The van der Waals surface area contributed by atoms with Gasteiger partial charge in [-0.15, -0.1) is 0 Å². The standard InChI is InChI=1S/C13H19FN2O/c1-4-13(3,8-15)16-12(17)10-6-5-9(2)7-11(10)14/h5-7H,4,8,15H2,1-3H3,(H,16,17). The molecule has 1 aromatic carbocycles. The molecule has 0 fully saturated rings. The van der Waals surface area contributed by atoms with Gasteiger partial charge < -0.3 is 11.1 Å². The molecule has 1 unspecified atom stereocenters. The number of carbonyl (C=O) groups is 1. The third-order valence-electron chi connectivity index (χ3n) is 3.02. The van der Waals surface area contributed by atoms with Crippen LogP contribution >= 0.6 is 0 Å². The molecule has 17 heavy (non-hydrogen) atoms. The van der Waals surface area contributed by atoms with E-state index in [1.54, 1.807) is 13.0 Å². The molecule has 3 nitrogen and oxygen atoms in total. The minimum atomic E-state index is -0.502. The average Bonchev–Trinajstić information content (AvgIpc) is 2.28. The minimum Gasteiger partial charge on any atom is -0.346 e. The van der Waals surface area contributed by atoms with Crippen molar-refractivity contribution in [3.63, 3.8) is 0 Å². The van der Waals surface area contributed by atoms with Gasteiger partial charge in [0.25, 0.3) is 5.91 Å². The van der Waals surface area contributed by atoms with Gasteiger partial charge in [-0.3, -0.25) is 4.79 Å². The highest BCUT2D eigenvalue weighted by Gasteiger charge is 2.24. The van der Waals surface area contributed by atoms with Crippen LogP contribution in [0.25, 0.3) is 0 Å². The smallest absolute Gasteiger partial charge is 0.254 e. The van der Waals surface area contributed by atoms with Crippen LogP contribution in [0.5, 0.6) is 0 Å². The number of hydrogen-bond donors (Lipinski definition) is 2. The van der Waals surface area contributed by atoms with Crippen LogP contribution in [0.2, 0.25) is 0 Å². The summed E-state index contributed by atoms with van der Waals surface area (Å²) in [4.78, 5) is 11.9. The summed E-state index contributed by atoms with van der Waals surface area (Å²) >= 11 is 0. The van der Waals surface area contributed by atoms with Gasteiger partial charge in [0.05, 0.1) is 5.56 Å². The predicted molar refractivity (Wildman–Crippen MR) is 66.4 cm³/mol. The van der Waals surface area contributed by atoms with Crippen LogP contribution in [0, 0.1) is 12.7 Å². The van der Waals surface area contributed by atoms with Crippen molar-refractivity contribution < 1.29 is 9.18 Å². The van der Waals surface area contributed by atoms with Crippen molar-refractivity contribution in [3.8, 4) is 0 Å². The minimum absolute atomic E-state index is 0.0590. The molecule has 1 rings (SSSR count). The van der Waals surface area contributed by atoms with Crippen LogP contribution in [-0.2, 0) is 0 Å². The maximum absolute atomic E-state index is 13.6. The summed E-state index contributed by atoms with van der Waals surface area (Å²) in [6.45, 7) is 5.87. The second kappa shape index (κ2) is 5.27. The fourth-order valence-corrected chi connectivity index (χ4v) is 1.43. The van der Waals surface area contributed by atoms with Crippen LogP contribution < -0.4 is 11.1 Å². The number of carbonyl (C=O) groups excluding carboxylic acids is 1. The van der Waals surface area contributed by atoms with Gasteiger partial charge in [0.1, 0.15) is 5.82 Å². The third-order valence-corrected chi connectivity index (χ3v) is 3.02. The van der Waals surface area contributed by atoms with E-state index in [4.69, 9.17) is 5.73 Å². The van der Waals surface area contributed by atoms with E-state index >= 15 is 0 Å². The van der Waals surface area contributed by atoms with E-state index in [1.807, 2.05) is 13.8 Å². The molecule has 1 atom stereocenters. The van der Waals surface area contributed by atoms with Crippen molar-refractivity contribution in [3.05, 3.63) is 35.1 Å². The molecule has 0 bridgehead atoms. The van der Waals surface area contributed by atoms with Gasteiger partial charge in [-0.05, 0) is 38.0 Å². The first-order chi connectivity index (χ1) is 7.91. The number of halogens is 1. The van der Waals surface area contributed by atoms with Crippen molar-refractivity contribution >= 4 is 5.91 Å². The number of hydrogen-bond acceptors (Lipinski definition) is 2. The van der Waals surface area contributed by atoms with Gasteiger partial charge in [0, 0.05) is 12.1 Å². The summed E-state index contributed by atoms with van der Waals surface area (Å²) in [6, 6.07) is 4.55. The van der Waals surface area contributed by atoms with Crippen LogP contribution in [0.4, 0.5) is 4.39 Å².